The van der Waals surface area contributed by atoms with Gasteiger partial charge in [-0.25, -0.2) is 0 Å². The molecule has 0 unspecified atom stereocenters. The van der Waals surface area contributed by atoms with E-state index in [0.29, 0.717) is 36.0 Å². The Balaban J connectivity index is 1.68. The van der Waals surface area contributed by atoms with Crippen molar-refractivity contribution < 1.29 is 19.9 Å². The molecule has 0 aliphatic heterocycles. The number of allylic oxidation sites excluding steroid dienone is 1. The highest BCUT2D eigenvalue weighted by Gasteiger charge is 2.64. The third-order valence-electron chi connectivity index (χ3n) is 10.4. The molecule has 0 aromatic carbocycles. The van der Waals surface area contributed by atoms with Crippen molar-refractivity contribution in [1.82, 2.24) is 0 Å². The summed E-state index contributed by atoms with van der Waals surface area (Å²) < 4.78 is 4.85. The van der Waals surface area contributed by atoms with Gasteiger partial charge in [-0.05, 0) is 86.4 Å². The summed E-state index contributed by atoms with van der Waals surface area (Å²) in [5.74, 6) is 1.77. The molecule has 0 saturated heterocycles. The number of hydrogen-bond acceptors (Lipinski definition) is 6. The second-order valence-electron chi connectivity index (χ2n) is 11.5. The lowest BCUT2D eigenvalue weighted by molar-refractivity contribution is -0.141. The molecule has 4 rings (SSSR count). The second kappa shape index (κ2) is 8.49. The fourth-order valence-corrected chi connectivity index (χ4v) is 8.45. The maximum atomic E-state index is 11.7. The van der Waals surface area contributed by atoms with Gasteiger partial charge in [-0.1, -0.05) is 43.2 Å². The number of fused-ring (bicyclic) bond motifs is 5. The van der Waals surface area contributed by atoms with E-state index in [2.05, 4.69) is 37.7 Å². The third-order valence-corrected chi connectivity index (χ3v) is 10.4. The lowest BCUT2D eigenvalue weighted by Crippen LogP contribution is -2.59. The number of esters is 1. The molecule has 0 heterocycles. The smallest absolute Gasteiger partial charge is 0.305 e. The predicted octanol–water partition coefficient (Wildman–Crippen LogP) is 5.67. The summed E-state index contributed by atoms with van der Waals surface area (Å²) >= 11 is 0. The Morgan fingerprint density at radius 2 is 1.94 bits per heavy atom. The van der Waals surface area contributed by atoms with Crippen LogP contribution in [-0.4, -0.2) is 34.9 Å². The zero-order chi connectivity index (χ0) is 23.3. The minimum Gasteiger partial charge on any atom is -0.469 e. The maximum Gasteiger partial charge on any atom is 0.305 e. The molecule has 0 bridgehead atoms. The first kappa shape index (κ1) is 23.3. The van der Waals surface area contributed by atoms with Gasteiger partial charge in [0.2, 0.25) is 0 Å². The van der Waals surface area contributed by atoms with Crippen LogP contribution in [0.5, 0.6) is 0 Å². The summed E-state index contributed by atoms with van der Waals surface area (Å²) in [5.41, 5.74) is 3.07. The highest BCUT2D eigenvalue weighted by Crippen LogP contribution is 2.67. The quantitative estimate of drug-likeness (QED) is 0.253. The molecule has 0 spiro atoms. The van der Waals surface area contributed by atoms with Crippen LogP contribution >= 0.6 is 0 Å². The molecule has 8 atom stereocenters. The van der Waals surface area contributed by atoms with Crippen molar-refractivity contribution in [2.45, 2.75) is 78.6 Å². The fraction of sp³-hybridized carbons (Fsp3) is 0.808. The Bertz CT molecular complexity index is 836. The van der Waals surface area contributed by atoms with Gasteiger partial charge < -0.3 is 15.2 Å². The summed E-state index contributed by atoms with van der Waals surface area (Å²) in [6.45, 7) is 11.2. The molecule has 4 aliphatic carbocycles. The molecule has 4 aliphatic rings. The number of rotatable bonds is 4. The Labute approximate surface area is 192 Å². The molecular formula is C26H40N2O4. The SMILES string of the molecule is C=C1CC[C@@]2(C)[C@@H](C1)CC(=NO)[C@@H]1[C@@H]2C/C(=N/O)[C@]2(C)[C@@H]([C@H](C)CCC(=O)OC)CC[C@@H]12. The summed E-state index contributed by atoms with van der Waals surface area (Å²) in [4.78, 5) is 11.7. The lowest BCUT2D eigenvalue weighted by atomic mass is 9.43. The lowest BCUT2D eigenvalue weighted by Gasteiger charge is -2.60. The molecule has 0 radical (unpaired) electrons. The van der Waals surface area contributed by atoms with Crippen molar-refractivity contribution in [3.05, 3.63) is 12.2 Å². The first-order chi connectivity index (χ1) is 15.2. The summed E-state index contributed by atoms with van der Waals surface area (Å²) in [6.07, 6.45) is 8.03. The fourth-order valence-electron chi connectivity index (χ4n) is 8.45. The van der Waals surface area contributed by atoms with Crippen LogP contribution in [0.3, 0.4) is 0 Å². The summed E-state index contributed by atoms with van der Waals surface area (Å²) in [6, 6.07) is 0. The van der Waals surface area contributed by atoms with E-state index in [4.69, 9.17) is 4.74 Å². The average molecular weight is 445 g/mol. The van der Waals surface area contributed by atoms with E-state index in [1.54, 1.807) is 0 Å². The topological polar surface area (TPSA) is 91.5 Å². The van der Waals surface area contributed by atoms with Gasteiger partial charge in [0.25, 0.3) is 0 Å². The predicted molar refractivity (Wildman–Crippen MR) is 124 cm³/mol. The number of nitrogens with zero attached hydrogens (tertiary/aromatic N) is 2. The van der Waals surface area contributed by atoms with E-state index in [-0.39, 0.29) is 22.7 Å². The minimum atomic E-state index is -0.247. The van der Waals surface area contributed by atoms with Crippen molar-refractivity contribution in [2.24, 2.45) is 56.6 Å². The third kappa shape index (κ3) is 3.40. The number of oxime groups is 2. The molecule has 6 heteroatoms. The molecule has 2 N–H and O–H groups in total. The Kier molecular flexibility index (Phi) is 6.19. The van der Waals surface area contributed by atoms with Crippen molar-refractivity contribution in [1.29, 1.82) is 0 Å². The van der Waals surface area contributed by atoms with Crippen molar-refractivity contribution >= 4 is 17.4 Å². The Hall–Kier alpha value is -1.85. The monoisotopic (exact) mass is 444 g/mol. The van der Waals surface area contributed by atoms with Gasteiger partial charge in [-0.3, -0.25) is 4.79 Å². The van der Waals surface area contributed by atoms with Gasteiger partial charge in [0.05, 0.1) is 18.5 Å². The first-order valence-electron chi connectivity index (χ1n) is 12.4. The summed E-state index contributed by atoms with van der Waals surface area (Å²) in [7, 11) is 1.44. The number of hydrogen-bond donors (Lipinski definition) is 2. The van der Waals surface area contributed by atoms with Crippen LogP contribution < -0.4 is 0 Å². The van der Waals surface area contributed by atoms with Gasteiger partial charge >= 0.3 is 5.97 Å². The van der Waals surface area contributed by atoms with E-state index in [0.717, 1.165) is 62.8 Å². The second-order valence-corrected chi connectivity index (χ2v) is 11.5. The van der Waals surface area contributed by atoms with E-state index in [1.807, 2.05) is 0 Å². The van der Waals surface area contributed by atoms with Gasteiger partial charge in [-0.2, -0.15) is 0 Å². The van der Waals surface area contributed by atoms with Crippen molar-refractivity contribution in [3.63, 3.8) is 0 Å². The van der Waals surface area contributed by atoms with Crippen molar-refractivity contribution in [3.8, 4) is 0 Å². The number of ether oxygens (including phenoxy) is 1. The molecule has 4 fully saturated rings. The maximum absolute atomic E-state index is 11.7. The standard InChI is InChI=1S/C26H40N2O4/c1-15-10-11-25(3)17(12-15)13-21(27-30)24-19-8-7-18(16(2)6-9-23(29)32-5)26(19,4)22(28-31)14-20(24)25/h16-20,24,30-31H,1,6-14H2,2-5H3/b27-21?,28-22-/t16-,17+,18-,19+,20+,24+,25+,26-/m1/s1. The van der Waals surface area contributed by atoms with Gasteiger partial charge in [0.15, 0.2) is 0 Å². The normalized spacial score (nSPS) is 44.6. The van der Waals surface area contributed by atoms with Crippen LogP contribution in [0.2, 0.25) is 0 Å². The van der Waals surface area contributed by atoms with Crippen molar-refractivity contribution in [2.75, 3.05) is 7.11 Å². The van der Waals surface area contributed by atoms with Crippen LogP contribution in [0.25, 0.3) is 0 Å². The molecule has 0 aromatic heterocycles. The van der Waals surface area contributed by atoms with E-state index in [1.165, 1.54) is 12.7 Å². The van der Waals surface area contributed by atoms with Crippen LogP contribution in [0.15, 0.2) is 22.5 Å². The zero-order valence-electron chi connectivity index (χ0n) is 20.1. The van der Waals surface area contributed by atoms with Crippen LogP contribution in [0, 0.1) is 46.3 Å². The van der Waals surface area contributed by atoms with Crippen LogP contribution in [-0.2, 0) is 9.53 Å². The number of methoxy groups -OCH3 is 1. The molecule has 0 aromatic rings. The van der Waals surface area contributed by atoms with E-state index < -0.39 is 0 Å². The van der Waals surface area contributed by atoms with Crippen LogP contribution in [0.4, 0.5) is 0 Å². The summed E-state index contributed by atoms with van der Waals surface area (Å²) in [5, 5.41) is 28.1. The highest BCUT2D eigenvalue weighted by atomic mass is 16.5. The molecule has 178 valence electrons. The van der Waals surface area contributed by atoms with E-state index in [9.17, 15) is 15.2 Å². The van der Waals surface area contributed by atoms with Gasteiger partial charge in [-0.15, -0.1) is 0 Å². The van der Waals surface area contributed by atoms with Gasteiger partial charge in [0, 0.05) is 17.8 Å². The first-order valence-corrected chi connectivity index (χ1v) is 12.4. The van der Waals surface area contributed by atoms with E-state index >= 15 is 0 Å². The largest absolute Gasteiger partial charge is 0.469 e. The highest BCUT2D eigenvalue weighted by molar-refractivity contribution is 5.96. The number of carbonyl (C=O) groups excluding carboxylic acids is 1. The van der Waals surface area contributed by atoms with Crippen LogP contribution in [0.1, 0.15) is 78.6 Å². The molecule has 6 nitrogen and oxygen atoms in total. The molecule has 4 saturated carbocycles. The Morgan fingerprint density at radius 1 is 1.19 bits per heavy atom. The molecule has 32 heavy (non-hydrogen) atoms. The minimum absolute atomic E-state index is 0.145. The molecule has 0 amide bonds. The number of carbonyl (C=O) groups is 1. The zero-order valence-corrected chi connectivity index (χ0v) is 20.1. The Morgan fingerprint density at radius 3 is 2.59 bits per heavy atom. The average Bonchev–Trinajstić information content (AvgIpc) is 3.14. The van der Waals surface area contributed by atoms with Gasteiger partial charge in [0.1, 0.15) is 0 Å². The molecular weight excluding hydrogens is 404 g/mol.